The maximum absolute atomic E-state index is 11.2. The number of rotatable bonds is 5. The van der Waals surface area contributed by atoms with Crippen LogP contribution in [0.4, 0.5) is 5.69 Å². The molecule has 2 aromatic rings. The zero-order valence-corrected chi connectivity index (χ0v) is 12.4. The number of nitrogens with zero attached hydrogens (tertiary/aromatic N) is 2. The fourth-order valence-corrected chi connectivity index (χ4v) is 3.34. The van der Waals surface area contributed by atoms with Crippen LogP contribution in [-0.2, 0) is 6.42 Å². The van der Waals surface area contributed by atoms with Crippen molar-refractivity contribution in [2.45, 2.75) is 38.5 Å². The molecule has 0 fully saturated rings. The SMILES string of the molecule is CCCC(Cl)Cc1cc2nc(C)sc2cc1[N+](=O)[O-]. The number of aromatic nitrogens is 1. The molecule has 0 aliphatic rings. The van der Waals surface area contributed by atoms with Crippen molar-refractivity contribution in [3.05, 3.63) is 32.8 Å². The Balaban J connectivity index is 2.44. The number of alkyl halides is 1. The van der Waals surface area contributed by atoms with Gasteiger partial charge in [0.25, 0.3) is 5.69 Å². The zero-order chi connectivity index (χ0) is 14.0. The van der Waals surface area contributed by atoms with Crippen molar-refractivity contribution in [1.29, 1.82) is 0 Å². The Morgan fingerprint density at radius 2 is 2.26 bits per heavy atom. The first-order valence-corrected chi connectivity index (χ1v) is 7.45. The summed E-state index contributed by atoms with van der Waals surface area (Å²) in [6.45, 7) is 3.95. The van der Waals surface area contributed by atoms with Gasteiger partial charge in [0.05, 0.1) is 20.1 Å². The van der Waals surface area contributed by atoms with Crippen LogP contribution in [0.1, 0.15) is 30.3 Å². The lowest BCUT2D eigenvalue weighted by Gasteiger charge is -2.08. The summed E-state index contributed by atoms with van der Waals surface area (Å²) >= 11 is 7.68. The number of hydrogen-bond donors (Lipinski definition) is 0. The van der Waals surface area contributed by atoms with Crippen LogP contribution in [0.3, 0.4) is 0 Å². The molecule has 0 saturated heterocycles. The summed E-state index contributed by atoms with van der Waals surface area (Å²) in [5, 5.41) is 12.0. The molecule has 1 unspecified atom stereocenters. The van der Waals surface area contributed by atoms with Crippen LogP contribution in [0.5, 0.6) is 0 Å². The average Bonchev–Trinajstić information content (AvgIpc) is 2.67. The van der Waals surface area contributed by atoms with E-state index < -0.39 is 0 Å². The summed E-state index contributed by atoms with van der Waals surface area (Å²) in [4.78, 5) is 15.2. The van der Waals surface area contributed by atoms with Crippen molar-refractivity contribution in [3.63, 3.8) is 0 Å². The van der Waals surface area contributed by atoms with Crippen molar-refractivity contribution in [2.24, 2.45) is 0 Å². The molecule has 19 heavy (non-hydrogen) atoms. The summed E-state index contributed by atoms with van der Waals surface area (Å²) in [6, 6.07) is 3.42. The molecule has 0 spiro atoms. The highest BCUT2D eigenvalue weighted by Crippen LogP contribution is 2.31. The molecule has 0 amide bonds. The molecular formula is C13H15ClN2O2S. The first-order chi connectivity index (χ1) is 9.01. The van der Waals surface area contributed by atoms with Crippen molar-refractivity contribution in [3.8, 4) is 0 Å². The average molecular weight is 299 g/mol. The second kappa shape index (κ2) is 5.84. The van der Waals surface area contributed by atoms with Crippen LogP contribution < -0.4 is 0 Å². The summed E-state index contributed by atoms with van der Waals surface area (Å²) < 4.78 is 0.856. The van der Waals surface area contributed by atoms with Gasteiger partial charge in [-0.2, -0.15) is 0 Å². The highest BCUT2D eigenvalue weighted by atomic mass is 35.5. The highest BCUT2D eigenvalue weighted by Gasteiger charge is 2.19. The third-order valence-corrected chi connectivity index (χ3v) is 4.24. The maximum Gasteiger partial charge on any atom is 0.274 e. The number of benzene rings is 1. The van der Waals surface area contributed by atoms with E-state index >= 15 is 0 Å². The Labute approximate surface area is 120 Å². The lowest BCUT2D eigenvalue weighted by molar-refractivity contribution is -0.385. The van der Waals surface area contributed by atoms with Gasteiger partial charge in [-0.05, 0) is 25.8 Å². The van der Waals surface area contributed by atoms with E-state index in [-0.39, 0.29) is 16.0 Å². The first-order valence-electron chi connectivity index (χ1n) is 6.19. The minimum absolute atomic E-state index is 0.0686. The van der Waals surface area contributed by atoms with Crippen LogP contribution in [0.25, 0.3) is 10.2 Å². The molecule has 2 rings (SSSR count). The molecule has 0 radical (unpaired) electrons. The molecule has 102 valence electrons. The number of fused-ring (bicyclic) bond motifs is 1. The van der Waals surface area contributed by atoms with Gasteiger partial charge in [0.1, 0.15) is 0 Å². The van der Waals surface area contributed by atoms with Gasteiger partial charge in [-0.25, -0.2) is 4.98 Å². The Bertz CT molecular complexity index is 612. The minimum atomic E-state index is -0.334. The molecule has 1 aromatic carbocycles. The van der Waals surface area contributed by atoms with Gasteiger partial charge in [0.15, 0.2) is 0 Å². The summed E-state index contributed by atoms with van der Waals surface area (Å²) in [7, 11) is 0. The van der Waals surface area contributed by atoms with E-state index in [9.17, 15) is 10.1 Å². The fraction of sp³-hybridized carbons (Fsp3) is 0.462. The number of nitro groups is 1. The lowest BCUT2D eigenvalue weighted by atomic mass is 10.0. The molecule has 0 aliphatic heterocycles. The van der Waals surface area contributed by atoms with E-state index in [1.54, 1.807) is 6.07 Å². The molecule has 0 saturated carbocycles. The minimum Gasteiger partial charge on any atom is -0.258 e. The van der Waals surface area contributed by atoms with E-state index in [4.69, 9.17) is 11.6 Å². The predicted molar refractivity (Wildman–Crippen MR) is 79.3 cm³/mol. The Morgan fingerprint density at radius 3 is 2.89 bits per heavy atom. The second-order valence-corrected chi connectivity index (χ2v) is 6.38. The number of nitro benzene ring substituents is 1. The summed E-state index contributed by atoms with van der Waals surface area (Å²) in [6.07, 6.45) is 2.34. The second-order valence-electron chi connectivity index (χ2n) is 4.53. The van der Waals surface area contributed by atoms with Gasteiger partial charge in [-0.3, -0.25) is 10.1 Å². The smallest absolute Gasteiger partial charge is 0.258 e. The number of thiazole rings is 1. The van der Waals surface area contributed by atoms with Crippen LogP contribution in [0.2, 0.25) is 0 Å². The van der Waals surface area contributed by atoms with Crippen LogP contribution >= 0.6 is 22.9 Å². The van der Waals surface area contributed by atoms with E-state index in [1.807, 2.05) is 13.0 Å². The Morgan fingerprint density at radius 1 is 1.53 bits per heavy atom. The van der Waals surface area contributed by atoms with Crippen LogP contribution in [-0.4, -0.2) is 15.3 Å². The number of aryl methyl sites for hydroxylation is 1. The molecular weight excluding hydrogens is 284 g/mol. The largest absolute Gasteiger partial charge is 0.274 e. The van der Waals surface area contributed by atoms with E-state index in [0.717, 1.165) is 28.1 Å². The van der Waals surface area contributed by atoms with Gasteiger partial charge < -0.3 is 0 Å². The molecule has 6 heteroatoms. The maximum atomic E-state index is 11.2. The Hall–Kier alpha value is -1.20. The number of hydrogen-bond acceptors (Lipinski definition) is 4. The molecule has 1 heterocycles. The lowest BCUT2D eigenvalue weighted by Crippen LogP contribution is -2.05. The summed E-state index contributed by atoms with van der Waals surface area (Å²) in [5.41, 5.74) is 1.65. The molecule has 0 N–H and O–H groups in total. The first kappa shape index (κ1) is 14.2. The third-order valence-electron chi connectivity index (χ3n) is 2.94. The molecule has 0 aliphatic carbocycles. The van der Waals surface area contributed by atoms with Crippen LogP contribution in [0, 0.1) is 17.0 Å². The molecule has 4 nitrogen and oxygen atoms in total. The van der Waals surface area contributed by atoms with Gasteiger partial charge in [-0.15, -0.1) is 22.9 Å². The standard InChI is InChI=1S/C13H15ClN2O2S/c1-3-4-10(14)5-9-6-11-13(19-8(2)15-11)7-12(9)16(17)18/h6-7,10H,3-5H2,1-2H3. The third kappa shape index (κ3) is 3.22. The fourth-order valence-electron chi connectivity index (χ4n) is 2.11. The van der Waals surface area contributed by atoms with Crippen molar-refractivity contribution in [2.75, 3.05) is 0 Å². The highest BCUT2D eigenvalue weighted by molar-refractivity contribution is 7.18. The van der Waals surface area contributed by atoms with Crippen molar-refractivity contribution >= 4 is 38.8 Å². The van der Waals surface area contributed by atoms with E-state index in [0.29, 0.717) is 12.0 Å². The van der Waals surface area contributed by atoms with Gasteiger partial charge in [-0.1, -0.05) is 13.3 Å². The molecule has 1 atom stereocenters. The zero-order valence-electron chi connectivity index (χ0n) is 10.9. The Kier molecular flexibility index (Phi) is 4.37. The summed E-state index contributed by atoms with van der Waals surface area (Å²) in [5.74, 6) is 0. The van der Waals surface area contributed by atoms with Gasteiger partial charge in [0, 0.05) is 17.0 Å². The monoisotopic (exact) mass is 298 g/mol. The quantitative estimate of drug-likeness (QED) is 0.465. The van der Waals surface area contributed by atoms with Crippen molar-refractivity contribution in [1.82, 2.24) is 4.98 Å². The normalized spacial score (nSPS) is 12.8. The van der Waals surface area contributed by atoms with Gasteiger partial charge in [0.2, 0.25) is 0 Å². The van der Waals surface area contributed by atoms with Crippen molar-refractivity contribution < 1.29 is 4.92 Å². The van der Waals surface area contributed by atoms with Crippen LogP contribution in [0.15, 0.2) is 12.1 Å². The molecule has 1 aromatic heterocycles. The van der Waals surface area contributed by atoms with Gasteiger partial charge >= 0.3 is 0 Å². The van der Waals surface area contributed by atoms with E-state index in [2.05, 4.69) is 11.9 Å². The molecule has 0 bridgehead atoms. The topological polar surface area (TPSA) is 56.0 Å². The van der Waals surface area contributed by atoms with E-state index in [1.165, 1.54) is 11.3 Å². The number of halogens is 1. The predicted octanol–water partition coefficient (Wildman–Crippen LogP) is 4.46.